The predicted octanol–water partition coefficient (Wildman–Crippen LogP) is -1.46. The maximum atomic E-state index is 11.1. The quantitative estimate of drug-likeness (QED) is 0.615. The maximum absolute atomic E-state index is 11.1. The van der Waals surface area contributed by atoms with Gasteiger partial charge in [-0.05, 0) is 6.92 Å². The zero-order valence-corrected chi connectivity index (χ0v) is 9.61. The van der Waals surface area contributed by atoms with Crippen LogP contribution in [0, 0.1) is 0 Å². The molecule has 0 spiro atoms. The topological polar surface area (TPSA) is 97.4 Å². The van der Waals surface area contributed by atoms with E-state index < -0.39 is 31.4 Å². The molecule has 6 nitrogen and oxygen atoms in total. The minimum absolute atomic E-state index is 0.300. The first-order chi connectivity index (χ1) is 6.12. The van der Waals surface area contributed by atoms with Crippen molar-refractivity contribution in [3.63, 3.8) is 0 Å². The van der Waals surface area contributed by atoms with Gasteiger partial charge in [-0.25, -0.2) is 21.6 Å². The van der Waals surface area contributed by atoms with E-state index in [1.807, 2.05) is 4.72 Å². The molecule has 0 aromatic carbocycles. The fourth-order valence-electron chi connectivity index (χ4n) is 0.545. The van der Waals surface area contributed by atoms with Crippen molar-refractivity contribution in [2.75, 3.05) is 24.3 Å². The first-order valence-corrected chi connectivity index (χ1v) is 7.48. The Kier molecular flexibility index (Phi) is 4.69. The van der Waals surface area contributed by atoms with E-state index in [4.69, 9.17) is 0 Å². The van der Waals surface area contributed by atoms with Crippen molar-refractivity contribution in [3.05, 3.63) is 0 Å². The van der Waals surface area contributed by atoms with Crippen LogP contribution in [0.1, 0.15) is 6.92 Å². The van der Waals surface area contributed by atoms with E-state index in [1.54, 1.807) is 0 Å². The molecule has 1 N–H and O–H groups in total. The lowest BCUT2D eigenvalue weighted by molar-refractivity contribution is -0.115. The van der Waals surface area contributed by atoms with E-state index in [2.05, 4.69) is 0 Å². The third kappa shape index (κ3) is 8.14. The standard InChI is InChI=1S/C6H13NO5S2/c1-6(8)5-7-14(11,12)4-3-13(2,9)10/h7H,3-5H2,1-2H3. The maximum Gasteiger partial charge on any atom is 0.213 e. The van der Waals surface area contributed by atoms with Crippen LogP contribution >= 0.6 is 0 Å². The average molecular weight is 243 g/mol. The molecule has 0 aromatic heterocycles. The minimum Gasteiger partial charge on any atom is -0.299 e. The van der Waals surface area contributed by atoms with Crippen LogP contribution in [0.25, 0.3) is 0 Å². The van der Waals surface area contributed by atoms with Crippen molar-refractivity contribution in [3.8, 4) is 0 Å². The Bertz CT molecular complexity index is 394. The van der Waals surface area contributed by atoms with Gasteiger partial charge in [-0.2, -0.15) is 0 Å². The molecule has 8 heteroatoms. The molecule has 0 radical (unpaired) electrons. The number of hydrogen-bond donors (Lipinski definition) is 1. The van der Waals surface area contributed by atoms with Gasteiger partial charge in [0, 0.05) is 6.26 Å². The van der Waals surface area contributed by atoms with Crippen LogP contribution in [0.15, 0.2) is 0 Å². The van der Waals surface area contributed by atoms with E-state index in [1.165, 1.54) is 6.92 Å². The summed E-state index contributed by atoms with van der Waals surface area (Å²) in [5.41, 5.74) is 0. The molecule has 0 aliphatic rings. The van der Waals surface area contributed by atoms with Crippen molar-refractivity contribution >= 4 is 25.6 Å². The molecular weight excluding hydrogens is 230 g/mol. The number of carbonyl (C=O) groups excluding carboxylic acids is 1. The first kappa shape index (κ1) is 13.5. The van der Waals surface area contributed by atoms with Gasteiger partial charge in [0.05, 0.1) is 18.1 Å². The fourth-order valence-corrected chi connectivity index (χ4v) is 3.20. The van der Waals surface area contributed by atoms with Crippen molar-refractivity contribution in [2.24, 2.45) is 0 Å². The zero-order chi connectivity index (χ0) is 11.4. The van der Waals surface area contributed by atoms with Crippen LogP contribution in [-0.2, 0) is 24.7 Å². The fraction of sp³-hybridized carbons (Fsp3) is 0.833. The van der Waals surface area contributed by atoms with E-state index in [0.29, 0.717) is 0 Å². The molecule has 0 unspecified atom stereocenters. The second-order valence-corrected chi connectivity index (χ2v) is 7.16. The molecule has 84 valence electrons. The summed E-state index contributed by atoms with van der Waals surface area (Å²) < 4.78 is 45.4. The zero-order valence-electron chi connectivity index (χ0n) is 7.98. The second-order valence-electron chi connectivity index (χ2n) is 2.97. The average Bonchev–Trinajstić information content (AvgIpc) is 1.97. The molecule has 0 heterocycles. The molecule has 0 bridgehead atoms. The number of nitrogens with one attached hydrogen (secondary N) is 1. The van der Waals surface area contributed by atoms with Gasteiger partial charge in [-0.1, -0.05) is 0 Å². The van der Waals surface area contributed by atoms with E-state index in [-0.39, 0.29) is 12.3 Å². The van der Waals surface area contributed by atoms with Crippen LogP contribution in [0.4, 0.5) is 0 Å². The number of sulfone groups is 1. The highest BCUT2D eigenvalue weighted by Gasteiger charge is 2.14. The molecule has 0 saturated carbocycles. The summed E-state index contributed by atoms with van der Waals surface area (Å²) in [4.78, 5) is 10.4. The number of ketones is 1. The van der Waals surface area contributed by atoms with Gasteiger partial charge < -0.3 is 0 Å². The van der Waals surface area contributed by atoms with Crippen LogP contribution in [0.2, 0.25) is 0 Å². The molecule has 0 fully saturated rings. The number of hydrogen-bond acceptors (Lipinski definition) is 5. The Morgan fingerprint density at radius 2 is 1.64 bits per heavy atom. The number of Topliss-reactive ketones (excluding diaryl/α,β-unsaturated/α-hetero) is 1. The van der Waals surface area contributed by atoms with Gasteiger partial charge in [-0.15, -0.1) is 0 Å². The molecule has 0 aliphatic carbocycles. The number of carbonyl (C=O) groups is 1. The molecule has 14 heavy (non-hydrogen) atoms. The third-order valence-electron chi connectivity index (χ3n) is 1.26. The predicted molar refractivity (Wildman–Crippen MR) is 52.2 cm³/mol. The molecule has 0 aromatic rings. The Morgan fingerprint density at radius 1 is 1.14 bits per heavy atom. The van der Waals surface area contributed by atoms with Gasteiger partial charge >= 0.3 is 0 Å². The van der Waals surface area contributed by atoms with E-state index in [9.17, 15) is 21.6 Å². The van der Waals surface area contributed by atoms with Crippen molar-refractivity contribution in [1.29, 1.82) is 0 Å². The van der Waals surface area contributed by atoms with Crippen LogP contribution < -0.4 is 4.72 Å². The van der Waals surface area contributed by atoms with Gasteiger partial charge in [0.25, 0.3) is 0 Å². The largest absolute Gasteiger partial charge is 0.299 e. The Hall–Kier alpha value is -0.470. The SMILES string of the molecule is CC(=O)CNS(=O)(=O)CCS(C)(=O)=O. The lowest BCUT2D eigenvalue weighted by atomic mass is 10.5. The van der Waals surface area contributed by atoms with Gasteiger partial charge in [0.15, 0.2) is 0 Å². The van der Waals surface area contributed by atoms with Crippen LogP contribution in [0.3, 0.4) is 0 Å². The summed E-state index contributed by atoms with van der Waals surface area (Å²) in [6, 6.07) is 0. The second kappa shape index (κ2) is 4.85. The number of sulfonamides is 1. The lowest BCUT2D eigenvalue weighted by Gasteiger charge is -2.03. The monoisotopic (exact) mass is 243 g/mol. The van der Waals surface area contributed by atoms with Gasteiger partial charge in [0.2, 0.25) is 10.0 Å². The summed E-state index contributed by atoms with van der Waals surface area (Å²) in [5.74, 6) is -1.28. The molecule has 0 atom stereocenters. The highest BCUT2D eigenvalue weighted by atomic mass is 32.2. The molecule has 0 amide bonds. The number of rotatable bonds is 6. The van der Waals surface area contributed by atoms with Crippen molar-refractivity contribution in [2.45, 2.75) is 6.92 Å². The molecule has 0 aliphatic heterocycles. The van der Waals surface area contributed by atoms with E-state index in [0.717, 1.165) is 6.26 Å². The highest BCUT2D eigenvalue weighted by Crippen LogP contribution is 1.89. The molecular formula is C6H13NO5S2. The minimum atomic E-state index is -3.66. The summed E-state index contributed by atoms with van der Waals surface area (Å²) >= 11 is 0. The molecule has 0 rings (SSSR count). The van der Waals surface area contributed by atoms with Crippen molar-refractivity contribution < 1.29 is 21.6 Å². The smallest absolute Gasteiger partial charge is 0.213 e. The summed E-state index contributed by atoms with van der Waals surface area (Å²) in [5, 5.41) is 0. The Labute approximate surface area is 83.7 Å². The summed E-state index contributed by atoms with van der Waals surface area (Å²) in [6.07, 6.45) is 0.952. The Morgan fingerprint density at radius 3 is 2.00 bits per heavy atom. The molecule has 0 saturated heterocycles. The van der Waals surface area contributed by atoms with Crippen LogP contribution in [0.5, 0.6) is 0 Å². The highest BCUT2D eigenvalue weighted by molar-refractivity contribution is 7.93. The summed E-state index contributed by atoms with van der Waals surface area (Å²) in [6.45, 7) is 0.936. The lowest BCUT2D eigenvalue weighted by Crippen LogP contribution is -2.32. The van der Waals surface area contributed by atoms with Crippen molar-refractivity contribution in [1.82, 2.24) is 4.72 Å². The van der Waals surface area contributed by atoms with E-state index >= 15 is 0 Å². The van der Waals surface area contributed by atoms with Crippen LogP contribution in [-0.4, -0.2) is 46.9 Å². The Balaban J connectivity index is 4.17. The third-order valence-corrected chi connectivity index (χ3v) is 3.79. The van der Waals surface area contributed by atoms with Gasteiger partial charge in [-0.3, -0.25) is 4.79 Å². The summed E-state index contributed by atoms with van der Waals surface area (Å²) in [7, 11) is -6.96. The van der Waals surface area contributed by atoms with Gasteiger partial charge in [0.1, 0.15) is 15.6 Å². The first-order valence-electron chi connectivity index (χ1n) is 3.77. The normalized spacial score (nSPS) is 12.7.